The third kappa shape index (κ3) is 3.39. The van der Waals surface area contributed by atoms with E-state index >= 15 is 0 Å². The van der Waals surface area contributed by atoms with Crippen molar-refractivity contribution in [1.29, 1.82) is 0 Å². The van der Waals surface area contributed by atoms with Gasteiger partial charge < -0.3 is 4.98 Å². The maximum absolute atomic E-state index is 6.12. The number of fused-ring (bicyclic) bond motifs is 3. The van der Waals surface area contributed by atoms with E-state index in [1.54, 1.807) is 0 Å². The molecule has 3 heteroatoms. The van der Waals surface area contributed by atoms with Crippen molar-refractivity contribution in [2.75, 3.05) is 6.54 Å². The molecule has 0 aliphatic carbocycles. The molecule has 0 saturated carbocycles. The summed E-state index contributed by atoms with van der Waals surface area (Å²) in [6.45, 7) is 7.01. The molecule has 2 heterocycles. The van der Waals surface area contributed by atoms with Crippen LogP contribution >= 0.6 is 11.6 Å². The summed E-state index contributed by atoms with van der Waals surface area (Å²) < 4.78 is 0. The second-order valence-electron chi connectivity index (χ2n) is 7.76. The summed E-state index contributed by atoms with van der Waals surface area (Å²) in [5.41, 5.74) is 7.74. The molecule has 0 bridgehead atoms. The third-order valence-electron chi connectivity index (χ3n) is 5.92. The van der Waals surface area contributed by atoms with Crippen LogP contribution in [0.15, 0.2) is 85.6 Å². The number of hydrogen-bond acceptors (Lipinski definition) is 1. The van der Waals surface area contributed by atoms with Crippen LogP contribution in [0.5, 0.6) is 0 Å². The number of rotatable bonds is 4. The molecule has 1 aromatic heterocycles. The number of halogens is 1. The van der Waals surface area contributed by atoms with Crippen molar-refractivity contribution in [2.45, 2.75) is 19.0 Å². The third-order valence-corrected chi connectivity index (χ3v) is 6.17. The zero-order valence-corrected chi connectivity index (χ0v) is 17.0. The minimum Gasteiger partial charge on any atom is -0.361 e. The van der Waals surface area contributed by atoms with Crippen LogP contribution in [0, 0.1) is 0 Å². The Bertz CT molecular complexity index is 1160. The monoisotopic (exact) mass is 398 g/mol. The molecule has 1 N–H and O–H groups in total. The molecule has 5 rings (SSSR count). The van der Waals surface area contributed by atoms with Crippen LogP contribution in [0.4, 0.5) is 0 Å². The van der Waals surface area contributed by atoms with Crippen LogP contribution in [0.3, 0.4) is 0 Å². The highest BCUT2D eigenvalue weighted by Gasteiger charge is 2.26. The lowest BCUT2D eigenvalue weighted by molar-refractivity contribution is 0.235. The van der Waals surface area contributed by atoms with Gasteiger partial charge in [0.25, 0.3) is 0 Å². The van der Waals surface area contributed by atoms with Crippen LogP contribution in [0.25, 0.3) is 22.0 Å². The van der Waals surface area contributed by atoms with Crippen molar-refractivity contribution >= 4 is 22.5 Å². The molecule has 0 fully saturated rings. The molecule has 29 heavy (non-hydrogen) atoms. The molecule has 0 unspecified atom stereocenters. The van der Waals surface area contributed by atoms with Crippen LogP contribution in [-0.4, -0.2) is 16.4 Å². The van der Waals surface area contributed by atoms with Crippen molar-refractivity contribution in [1.82, 2.24) is 9.88 Å². The Morgan fingerprint density at radius 2 is 1.83 bits per heavy atom. The summed E-state index contributed by atoms with van der Waals surface area (Å²) in [5, 5.41) is 2.07. The topological polar surface area (TPSA) is 19.0 Å². The summed E-state index contributed by atoms with van der Waals surface area (Å²) in [6, 6.07) is 23.3. The van der Waals surface area contributed by atoms with E-state index in [9.17, 15) is 0 Å². The molecule has 1 aliphatic heterocycles. The fourth-order valence-corrected chi connectivity index (χ4v) is 4.64. The smallest absolute Gasteiger partial charge is 0.0463 e. The average Bonchev–Trinajstić information content (AvgIpc) is 3.19. The van der Waals surface area contributed by atoms with E-state index in [2.05, 4.69) is 83.3 Å². The summed E-state index contributed by atoms with van der Waals surface area (Å²) in [4.78, 5) is 6.00. The van der Waals surface area contributed by atoms with E-state index in [0.717, 1.165) is 24.7 Å². The Labute approximate surface area is 176 Å². The molecule has 2 nitrogen and oxygen atoms in total. The lowest BCUT2D eigenvalue weighted by Gasteiger charge is -2.34. The standard InChI is InChI=1S/C26H23ClN2/c1-2-19-16-29(15-18-6-4-3-5-7-18)17-24-22(19)12-13-25-26(24)23(14-28-25)20-8-10-21(27)11-9-20/h2-14,19,28H,1,15-17H2/t19-/m0/s1. The first-order valence-electron chi connectivity index (χ1n) is 10.0. The van der Waals surface area contributed by atoms with Crippen molar-refractivity contribution in [3.05, 3.63) is 107 Å². The van der Waals surface area contributed by atoms with Crippen molar-refractivity contribution in [3.8, 4) is 11.1 Å². The first kappa shape index (κ1) is 18.2. The Kier molecular flexibility index (Phi) is 4.75. The molecule has 0 saturated heterocycles. The second-order valence-corrected chi connectivity index (χ2v) is 8.20. The molecule has 0 amide bonds. The molecular weight excluding hydrogens is 376 g/mol. The highest BCUT2D eigenvalue weighted by molar-refractivity contribution is 6.30. The zero-order valence-electron chi connectivity index (χ0n) is 16.2. The van der Waals surface area contributed by atoms with Crippen LogP contribution < -0.4 is 0 Å². The highest BCUT2D eigenvalue weighted by Crippen LogP contribution is 2.39. The van der Waals surface area contributed by atoms with Gasteiger partial charge in [0.2, 0.25) is 0 Å². The first-order chi connectivity index (χ1) is 14.2. The van der Waals surface area contributed by atoms with Gasteiger partial charge in [-0.05, 0) is 40.5 Å². The fraction of sp³-hybridized carbons (Fsp3) is 0.154. The molecule has 4 aromatic rings. The minimum absolute atomic E-state index is 0.333. The van der Waals surface area contributed by atoms with Gasteiger partial charge in [0.1, 0.15) is 0 Å². The van der Waals surface area contributed by atoms with Crippen molar-refractivity contribution in [3.63, 3.8) is 0 Å². The number of nitrogens with zero attached hydrogens (tertiary/aromatic N) is 1. The second kappa shape index (κ2) is 7.55. The maximum atomic E-state index is 6.12. The predicted molar refractivity (Wildman–Crippen MR) is 122 cm³/mol. The number of hydrogen-bond donors (Lipinski definition) is 1. The normalized spacial score (nSPS) is 16.7. The number of nitrogens with one attached hydrogen (secondary N) is 1. The fourth-order valence-electron chi connectivity index (χ4n) is 4.52. The van der Waals surface area contributed by atoms with Gasteiger partial charge in [0.05, 0.1) is 0 Å². The molecule has 0 spiro atoms. The van der Waals surface area contributed by atoms with Gasteiger partial charge in [-0.1, -0.05) is 66.2 Å². The molecule has 1 aliphatic rings. The van der Waals surface area contributed by atoms with E-state index in [0.29, 0.717) is 5.92 Å². The Morgan fingerprint density at radius 3 is 2.59 bits per heavy atom. The van der Waals surface area contributed by atoms with Gasteiger partial charge in [0.15, 0.2) is 0 Å². The molecule has 3 aromatic carbocycles. The van der Waals surface area contributed by atoms with E-state index in [-0.39, 0.29) is 0 Å². The number of benzene rings is 3. The lowest BCUT2D eigenvalue weighted by Crippen LogP contribution is -2.32. The quantitative estimate of drug-likeness (QED) is 0.375. The molecule has 144 valence electrons. The highest BCUT2D eigenvalue weighted by atomic mass is 35.5. The van der Waals surface area contributed by atoms with Crippen molar-refractivity contribution in [2.24, 2.45) is 0 Å². The zero-order chi connectivity index (χ0) is 19.8. The summed E-state index contributed by atoms with van der Waals surface area (Å²) in [6.07, 6.45) is 4.21. The van der Waals surface area contributed by atoms with E-state index in [1.165, 1.54) is 38.7 Å². The van der Waals surface area contributed by atoms with Gasteiger partial charge in [-0.3, -0.25) is 4.90 Å². The maximum Gasteiger partial charge on any atom is 0.0463 e. The van der Waals surface area contributed by atoms with E-state index in [4.69, 9.17) is 11.6 Å². The molecule has 1 atom stereocenters. The first-order valence-corrected chi connectivity index (χ1v) is 10.4. The minimum atomic E-state index is 0.333. The lowest BCUT2D eigenvalue weighted by atomic mass is 9.86. The summed E-state index contributed by atoms with van der Waals surface area (Å²) in [5.74, 6) is 0.333. The van der Waals surface area contributed by atoms with Crippen molar-refractivity contribution < 1.29 is 0 Å². The van der Waals surface area contributed by atoms with Gasteiger partial charge in [-0.15, -0.1) is 6.58 Å². The Morgan fingerprint density at radius 1 is 1.03 bits per heavy atom. The average molecular weight is 399 g/mol. The number of aromatic amines is 1. The van der Waals surface area contributed by atoms with Crippen LogP contribution in [-0.2, 0) is 13.1 Å². The largest absolute Gasteiger partial charge is 0.361 e. The summed E-state index contributed by atoms with van der Waals surface area (Å²) >= 11 is 6.12. The predicted octanol–water partition coefficient (Wildman–Crippen LogP) is 6.77. The van der Waals surface area contributed by atoms with Crippen LogP contribution in [0.2, 0.25) is 5.02 Å². The van der Waals surface area contributed by atoms with Gasteiger partial charge >= 0.3 is 0 Å². The van der Waals surface area contributed by atoms with E-state index in [1.807, 2.05) is 12.1 Å². The molecular formula is C26H23ClN2. The van der Waals surface area contributed by atoms with Crippen LogP contribution in [0.1, 0.15) is 22.6 Å². The summed E-state index contributed by atoms with van der Waals surface area (Å²) in [7, 11) is 0. The van der Waals surface area contributed by atoms with Gasteiger partial charge in [-0.25, -0.2) is 0 Å². The Hall–Kier alpha value is -2.81. The number of H-pyrrole nitrogens is 1. The molecule has 0 radical (unpaired) electrons. The van der Waals surface area contributed by atoms with Gasteiger partial charge in [0, 0.05) is 53.2 Å². The SMILES string of the molecule is C=C[C@H]1CN(Cc2ccccc2)Cc2c1ccc1[nH]cc(-c3ccc(Cl)cc3)c21. The van der Waals surface area contributed by atoms with E-state index < -0.39 is 0 Å². The number of aromatic nitrogens is 1. The Balaban J connectivity index is 1.61. The van der Waals surface area contributed by atoms with Gasteiger partial charge in [-0.2, -0.15) is 0 Å².